The minimum atomic E-state index is -0.480. The van der Waals surface area contributed by atoms with Gasteiger partial charge < -0.3 is 20.5 Å². The molecular formula is C13H25ClN2O4. The van der Waals surface area contributed by atoms with Gasteiger partial charge in [-0.05, 0) is 32.1 Å². The zero-order valence-corrected chi connectivity index (χ0v) is 12.7. The van der Waals surface area contributed by atoms with E-state index >= 15 is 0 Å². The van der Waals surface area contributed by atoms with Crippen LogP contribution in [0.2, 0.25) is 0 Å². The lowest BCUT2D eigenvalue weighted by atomic mass is 9.92. The highest BCUT2D eigenvalue weighted by Crippen LogP contribution is 2.17. The molecule has 1 rings (SSSR count). The zero-order valence-electron chi connectivity index (χ0n) is 11.9. The molecule has 1 saturated heterocycles. The molecule has 0 bridgehead atoms. The number of rotatable bonds is 7. The van der Waals surface area contributed by atoms with Crippen LogP contribution in [0.3, 0.4) is 0 Å². The molecule has 1 aliphatic heterocycles. The van der Waals surface area contributed by atoms with Gasteiger partial charge in [0.25, 0.3) is 0 Å². The average molecular weight is 309 g/mol. The van der Waals surface area contributed by atoms with Gasteiger partial charge in [0, 0.05) is 26.2 Å². The molecule has 1 atom stereocenters. The highest BCUT2D eigenvalue weighted by molar-refractivity contribution is 5.85. The summed E-state index contributed by atoms with van der Waals surface area (Å²) in [7, 11) is 0. The van der Waals surface area contributed by atoms with Crippen LogP contribution in [0.25, 0.3) is 0 Å². The molecule has 0 radical (unpaired) electrons. The standard InChI is InChI=1S/C13H24N2O4.ClH/c1-2-19-11(16)4-3-7-15-13(17)12(14)10-5-8-18-9-6-10;/h10,12H,2-9,14H2,1H3,(H,15,17);1H. The predicted octanol–water partition coefficient (Wildman–Crippen LogP) is 0.622. The van der Waals surface area contributed by atoms with Crippen molar-refractivity contribution in [2.75, 3.05) is 26.4 Å². The molecule has 0 aromatic rings. The van der Waals surface area contributed by atoms with Crippen LogP contribution >= 0.6 is 12.4 Å². The molecule has 0 spiro atoms. The Hall–Kier alpha value is -0.850. The number of hydrogen-bond donors (Lipinski definition) is 2. The summed E-state index contributed by atoms with van der Waals surface area (Å²) in [5, 5.41) is 2.76. The normalized spacial score (nSPS) is 16.9. The maximum atomic E-state index is 11.8. The maximum absolute atomic E-state index is 11.8. The highest BCUT2D eigenvalue weighted by atomic mass is 35.5. The Labute approximate surface area is 126 Å². The van der Waals surface area contributed by atoms with Crippen LogP contribution in [0.4, 0.5) is 0 Å². The third-order valence-electron chi connectivity index (χ3n) is 3.24. The van der Waals surface area contributed by atoms with Gasteiger partial charge in [-0.25, -0.2) is 0 Å². The summed E-state index contributed by atoms with van der Waals surface area (Å²) in [4.78, 5) is 22.9. The molecule has 20 heavy (non-hydrogen) atoms. The van der Waals surface area contributed by atoms with E-state index in [1.165, 1.54) is 0 Å². The number of carbonyl (C=O) groups is 2. The number of nitrogens with two attached hydrogens (primary N) is 1. The Morgan fingerprint density at radius 3 is 2.65 bits per heavy atom. The fourth-order valence-electron chi connectivity index (χ4n) is 2.08. The molecule has 1 fully saturated rings. The van der Waals surface area contributed by atoms with Gasteiger partial charge in [-0.15, -0.1) is 12.4 Å². The largest absolute Gasteiger partial charge is 0.466 e. The summed E-state index contributed by atoms with van der Waals surface area (Å²) >= 11 is 0. The van der Waals surface area contributed by atoms with Crippen LogP contribution in [0, 0.1) is 5.92 Å². The minimum Gasteiger partial charge on any atom is -0.466 e. The van der Waals surface area contributed by atoms with E-state index in [2.05, 4.69) is 5.32 Å². The van der Waals surface area contributed by atoms with Gasteiger partial charge in [0.1, 0.15) is 0 Å². The van der Waals surface area contributed by atoms with Crippen molar-refractivity contribution >= 4 is 24.3 Å². The molecule has 0 aromatic carbocycles. The van der Waals surface area contributed by atoms with Gasteiger partial charge >= 0.3 is 5.97 Å². The van der Waals surface area contributed by atoms with Gasteiger partial charge in [-0.3, -0.25) is 9.59 Å². The van der Waals surface area contributed by atoms with Crippen LogP contribution in [0.5, 0.6) is 0 Å². The zero-order chi connectivity index (χ0) is 14.1. The molecular weight excluding hydrogens is 284 g/mol. The Kier molecular flexibility index (Phi) is 10.4. The Balaban J connectivity index is 0.00000361. The van der Waals surface area contributed by atoms with Crippen LogP contribution in [-0.4, -0.2) is 44.3 Å². The van der Waals surface area contributed by atoms with Crippen molar-refractivity contribution in [1.82, 2.24) is 5.32 Å². The first-order chi connectivity index (χ1) is 9.15. The molecule has 1 aliphatic rings. The second-order valence-corrected chi connectivity index (χ2v) is 4.68. The monoisotopic (exact) mass is 308 g/mol. The summed E-state index contributed by atoms with van der Waals surface area (Å²) < 4.78 is 10.0. The third-order valence-corrected chi connectivity index (χ3v) is 3.24. The van der Waals surface area contributed by atoms with E-state index in [0.717, 1.165) is 12.8 Å². The van der Waals surface area contributed by atoms with Crippen molar-refractivity contribution in [2.45, 2.75) is 38.6 Å². The Bertz CT molecular complexity index is 296. The second-order valence-electron chi connectivity index (χ2n) is 4.68. The smallest absolute Gasteiger partial charge is 0.305 e. The van der Waals surface area contributed by atoms with Crippen LogP contribution < -0.4 is 11.1 Å². The molecule has 0 aromatic heterocycles. The van der Waals surface area contributed by atoms with Crippen molar-refractivity contribution in [3.8, 4) is 0 Å². The molecule has 7 heteroatoms. The third kappa shape index (κ3) is 7.07. The maximum Gasteiger partial charge on any atom is 0.305 e. The summed E-state index contributed by atoms with van der Waals surface area (Å²) in [5.41, 5.74) is 5.92. The average Bonchev–Trinajstić information content (AvgIpc) is 2.44. The predicted molar refractivity (Wildman–Crippen MR) is 77.6 cm³/mol. The molecule has 0 saturated carbocycles. The molecule has 1 unspecified atom stereocenters. The highest BCUT2D eigenvalue weighted by Gasteiger charge is 2.26. The van der Waals surface area contributed by atoms with Crippen LogP contribution in [0.1, 0.15) is 32.6 Å². The van der Waals surface area contributed by atoms with Crippen molar-refractivity contribution in [2.24, 2.45) is 11.7 Å². The molecule has 1 heterocycles. The fraction of sp³-hybridized carbons (Fsp3) is 0.846. The van der Waals surface area contributed by atoms with Crippen molar-refractivity contribution in [3.63, 3.8) is 0 Å². The van der Waals surface area contributed by atoms with Crippen molar-refractivity contribution in [3.05, 3.63) is 0 Å². The Morgan fingerprint density at radius 2 is 2.05 bits per heavy atom. The van der Waals surface area contributed by atoms with Gasteiger partial charge in [-0.1, -0.05) is 0 Å². The quantitative estimate of drug-likeness (QED) is 0.531. The summed E-state index contributed by atoms with van der Waals surface area (Å²) in [5.74, 6) is -0.181. The number of ether oxygens (including phenoxy) is 2. The van der Waals surface area contributed by atoms with Gasteiger partial charge in [0.2, 0.25) is 5.91 Å². The number of amides is 1. The fourth-order valence-corrected chi connectivity index (χ4v) is 2.08. The number of nitrogens with one attached hydrogen (secondary N) is 1. The van der Waals surface area contributed by atoms with Gasteiger partial charge in [-0.2, -0.15) is 0 Å². The molecule has 1 amide bonds. The first kappa shape index (κ1) is 19.1. The molecule has 6 nitrogen and oxygen atoms in total. The van der Waals surface area contributed by atoms with E-state index < -0.39 is 6.04 Å². The number of carbonyl (C=O) groups excluding carboxylic acids is 2. The lowest BCUT2D eigenvalue weighted by molar-refractivity contribution is -0.143. The number of hydrogen-bond acceptors (Lipinski definition) is 5. The summed E-state index contributed by atoms with van der Waals surface area (Å²) in [6.07, 6.45) is 2.56. The van der Waals surface area contributed by atoms with Crippen LogP contribution in [-0.2, 0) is 19.1 Å². The number of esters is 1. The van der Waals surface area contributed by atoms with E-state index in [4.69, 9.17) is 15.2 Å². The number of halogens is 1. The first-order valence-electron chi connectivity index (χ1n) is 6.91. The molecule has 0 aliphatic carbocycles. The summed E-state index contributed by atoms with van der Waals surface area (Å²) in [6.45, 7) is 3.96. The first-order valence-corrected chi connectivity index (χ1v) is 6.91. The second kappa shape index (κ2) is 10.9. The summed E-state index contributed by atoms with van der Waals surface area (Å²) in [6, 6.07) is -0.480. The topological polar surface area (TPSA) is 90.7 Å². The lowest BCUT2D eigenvalue weighted by Crippen LogP contribution is -2.47. The van der Waals surface area contributed by atoms with E-state index in [-0.39, 0.29) is 30.2 Å². The van der Waals surface area contributed by atoms with Gasteiger partial charge in [0.15, 0.2) is 0 Å². The SMILES string of the molecule is CCOC(=O)CCCNC(=O)C(N)C1CCOCC1.Cl. The van der Waals surface area contributed by atoms with Crippen molar-refractivity contribution < 1.29 is 19.1 Å². The van der Waals surface area contributed by atoms with E-state index in [0.29, 0.717) is 39.2 Å². The van der Waals surface area contributed by atoms with Crippen LogP contribution in [0.15, 0.2) is 0 Å². The lowest BCUT2D eigenvalue weighted by Gasteiger charge is -2.26. The molecule has 118 valence electrons. The van der Waals surface area contributed by atoms with E-state index in [1.807, 2.05) is 0 Å². The minimum absolute atomic E-state index is 0. The van der Waals surface area contributed by atoms with E-state index in [9.17, 15) is 9.59 Å². The molecule has 3 N–H and O–H groups in total. The van der Waals surface area contributed by atoms with E-state index in [1.54, 1.807) is 6.92 Å². The Morgan fingerprint density at radius 1 is 1.40 bits per heavy atom. The van der Waals surface area contributed by atoms with Gasteiger partial charge in [0.05, 0.1) is 12.6 Å². The van der Waals surface area contributed by atoms with Crippen molar-refractivity contribution in [1.29, 1.82) is 0 Å².